The molecule has 29 heavy (non-hydrogen) atoms. The number of aryl methyl sites for hydroxylation is 3. The number of imidazole rings is 1. The molecule has 1 atom stereocenters. The minimum absolute atomic E-state index is 0.0183. The first-order valence-electron chi connectivity index (χ1n) is 9.76. The fourth-order valence-corrected chi connectivity index (χ4v) is 3.60. The standard InChI is InChI=1S/C22H28N4O3/c1-13(2)8-18(22(28)29)23-11-15-6-7-19-17(10-15)24-20(26(19)5)16-9-14(3)21(27)25(4)12-16/h6-7,9-10,12-13,18,23H,8,11H2,1-5H3,(H,28,29)/t18-/m0/s1. The zero-order valence-electron chi connectivity index (χ0n) is 17.6. The van der Waals surface area contributed by atoms with Crippen LogP contribution in [0.15, 0.2) is 35.3 Å². The van der Waals surface area contributed by atoms with Gasteiger partial charge in [0.25, 0.3) is 5.56 Å². The number of fused-ring (bicyclic) bond motifs is 1. The molecule has 154 valence electrons. The quantitative estimate of drug-likeness (QED) is 0.641. The molecule has 0 unspecified atom stereocenters. The monoisotopic (exact) mass is 396 g/mol. The number of aromatic nitrogens is 3. The number of nitrogens with one attached hydrogen (secondary N) is 1. The Balaban J connectivity index is 1.90. The maximum Gasteiger partial charge on any atom is 0.320 e. The summed E-state index contributed by atoms with van der Waals surface area (Å²) in [6.45, 7) is 6.29. The Kier molecular flexibility index (Phi) is 5.88. The molecule has 3 aromatic rings. The average Bonchev–Trinajstić information content (AvgIpc) is 2.98. The lowest BCUT2D eigenvalue weighted by Crippen LogP contribution is -2.37. The number of carbonyl (C=O) groups is 1. The molecule has 7 nitrogen and oxygen atoms in total. The molecule has 0 saturated carbocycles. The summed E-state index contributed by atoms with van der Waals surface area (Å²) in [7, 11) is 3.69. The van der Waals surface area contributed by atoms with E-state index in [0.717, 1.165) is 28.0 Å². The number of carboxylic acid groups (broad SMARTS) is 1. The van der Waals surface area contributed by atoms with Crippen LogP contribution in [0.5, 0.6) is 0 Å². The zero-order valence-corrected chi connectivity index (χ0v) is 17.6. The highest BCUT2D eigenvalue weighted by Gasteiger charge is 2.18. The first-order chi connectivity index (χ1) is 13.7. The molecule has 1 aromatic carbocycles. The first-order valence-corrected chi connectivity index (χ1v) is 9.76. The number of hydrogen-bond donors (Lipinski definition) is 2. The van der Waals surface area contributed by atoms with Crippen LogP contribution in [0.4, 0.5) is 0 Å². The highest BCUT2D eigenvalue weighted by atomic mass is 16.4. The number of benzene rings is 1. The summed E-state index contributed by atoms with van der Waals surface area (Å²) in [6, 6.07) is 7.25. The zero-order chi connectivity index (χ0) is 21.3. The second kappa shape index (κ2) is 8.21. The Morgan fingerprint density at radius 2 is 1.97 bits per heavy atom. The predicted octanol–water partition coefficient (Wildman–Crippen LogP) is 2.84. The van der Waals surface area contributed by atoms with Crippen LogP contribution in [-0.2, 0) is 25.4 Å². The molecule has 0 aliphatic carbocycles. The van der Waals surface area contributed by atoms with Crippen molar-refractivity contribution in [3.05, 3.63) is 51.9 Å². The van der Waals surface area contributed by atoms with Gasteiger partial charge < -0.3 is 19.6 Å². The number of aliphatic carboxylic acids is 1. The van der Waals surface area contributed by atoms with Gasteiger partial charge in [0, 0.05) is 38.0 Å². The Hall–Kier alpha value is -2.93. The third-order valence-electron chi connectivity index (χ3n) is 5.12. The third kappa shape index (κ3) is 4.40. The van der Waals surface area contributed by atoms with Crippen LogP contribution in [-0.4, -0.2) is 31.2 Å². The topological polar surface area (TPSA) is 89.2 Å². The minimum atomic E-state index is -0.829. The number of rotatable bonds is 7. The van der Waals surface area contributed by atoms with Gasteiger partial charge in [-0.05, 0) is 43.0 Å². The fraction of sp³-hybridized carbons (Fsp3) is 0.409. The lowest BCUT2D eigenvalue weighted by atomic mass is 10.0. The summed E-state index contributed by atoms with van der Waals surface area (Å²) in [6.07, 6.45) is 2.37. The molecule has 2 heterocycles. The van der Waals surface area contributed by atoms with E-state index < -0.39 is 12.0 Å². The van der Waals surface area contributed by atoms with Gasteiger partial charge in [-0.1, -0.05) is 19.9 Å². The molecule has 0 aliphatic heterocycles. The molecule has 0 radical (unpaired) electrons. The van der Waals surface area contributed by atoms with Crippen molar-refractivity contribution < 1.29 is 9.90 Å². The molecule has 0 bridgehead atoms. The van der Waals surface area contributed by atoms with E-state index >= 15 is 0 Å². The normalized spacial score (nSPS) is 12.6. The van der Waals surface area contributed by atoms with E-state index in [1.54, 1.807) is 24.7 Å². The molecule has 3 rings (SSSR count). The van der Waals surface area contributed by atoms with E-state index in [9.17, 15) is 14.7 Å². The molecule has 0 fully saturated rings. The summed E-state index contributed by atoms with van der Waals surface area (Å²) in [5.41, 5.74) is 4.33. The van der Waals surface area contributed by atoms with Crippen molar-refractivity contribution in [2.24, 2.45) is 20.0 Å². The smallest absolute Gasteiger partial charge is 0.320 e. The van der Waals surface area contributed by atoms with E-state index in [4.69, 9.17) is 4.98 Å². The van der Waals surface area contributed by atoms with Gasteiger partial charge in [0.1, 0.15) is 11.9 Å². The number of pyridine rings is 1. The molecule has 7 heteroatoms. The second-order valence-corrected chi connectivity index (χ2v) is 8.05. The highest BCUT2D eigenvalue weighted by Crippen LogP contribution is 2.24. The SMILES string of the molecule is Cc1cc(-c2nc3cc(CN[C@@H](CC(C)C)C(=O)O)ccc3n2C)cn(C)c1=O. The number of nitrogens with zero attached hydrogens (tertiary/aromatic N) is 3. The Morgan fingerprint density at radius 3 is 2.59 bits per heavy atom. The van der Waals surface area contributed by atoms with Crippen LogP contribution >= 0.6 is 0 Å². The van der Waals surface area contributed by atoms with E-state index in [1.165, 1.54) is 0 Å². The minimum Gasteiger partial charge on any atom is -0.480 e. The Morgan fingerprint density at radius 1 is 1.24 bits per heavy atom. The van der Waals surface area contributed by atoms with E-state index in [2.05, 4.69) is 5.32 Å². The highest BCUT2D eigenvalue weighted by molar-refractivity contribution is 5.81. The van der Waals surface area contributed by atoms with Gasteiger partial charge in [-0.2, -0.15) is 0 Å². The maximum absolute atomic E-state index is 12.0. The van der Waals surface area contributed by atoms with Crippen LogP contribution in [0.25, 0.3) is 22.4 Å². The van der Waals surface area contributed by atoms with Crippen molar-refractivity contribution >= 4 is 17.0 Å². The van der Waals surface area contributed by atoms with Gasteiger partial charge in [-0.15, -0.1) is 0 Å². The predicted molar refractivity (Wildman–Crippen MR) is 114 cm³/mol. The first kappa shape index (κ1) is 20.8. The van der Waals surface area contributed by atoms with Crippen molar-refractivity contribution in [3.8, 4) is 11.4 Å². The van der Waals surface area contributed by atoms with Crippen molar-refractivity contribution in [1.29, 1.82) is 0 Å². The molecule has 0 spiro atoms. The summed E-state index contributed by atoms with van der Waals surface area (Å²) < 4.78 is 3.57. The summed E-state index contributed by atoms with van der Waals surface area (Å²) in [5, 5.41) is 12.5. The van der Waals surface area contributed by atoms with Crippen LogP contribution in [0.1, 0.15) is 31.4 Å². The van der Waals surface area contributed by atoms with Gasteiger partial charge in [0.15, 0.2) is 0 Å². The lowest BCUT2D eigenvalue weighted by molar-refractivity contribution is -0.140. The Labute approximate surface area is 170 Å². The van der Waals surface area contributed by atoms with Gasteiger partial charge >= 0.3 is 5.97 Å². The fourth-order valence-electron chi connectivity index (χ4n) is 3.60. The van der Waals surface area contributed by atoms with Crippen LogP contribution in [0.3, 0.4) is 0 Å². The largest absolute Gasteiger partial charge is 0.480 e. The Bertz CT molecular complexity index is 1080. The second-order valence-electron chi connectivity index (χ2n) is 8.05. The van der Waals surface area contributed by atoms with Crippen molar-refractivity contribution in [2.45, 2.75) is 39.8 Å². The van der Waals surface area contributed by atoms with Crippen molar-refractivity contribution in [3.63, 3.8) is 0 Å². The van der Waals surface area contributed by atoms with Gasteiger partial charge in [0.05, 0.1) is 11.0 Å². The molecule has 0 saturated heterocycles. The van der Waals surface area contributed by atoms with E-state index in [1.807, 2.05) is 49.7 Å². The van der Waals surface area contributed by atoms with Crippen molar-refractivity contribution in [2.75, 3.05) is 0 Å². The van der Waals surface area contributed by atoms with Crippen molar-refractivity contribution in [1.82, 2.24) is 19.4 Å². The molecule has 2 aromatic heterocycles. The molecule has 2 N–H and O–H groups in total. The lowest BCUT2D eigenvalue weighted by Gasteiger charge is -2.16. The molecular weight excluding hydrogens is 368 g/mol. The number of hydrogen-bond acceptors (Lipinski definition) is 4. The van der Waals surface area contributed by atoms with Crippen LogP contribution in [0.2, 0.25) is 0 Å². The van der Waals surface area contributed by atoms with Crippen LogP contribution in [0, 0.1) is 12.8 Å². The van der Waals surface area contributed by atoms with Gasteiger partial charge in [-0.3, -0.25) is 9.59 Å². The van der Waals surface area contributed by atoms with Gasteiger partial charge in [-0.25, -0.2) is 4.98 Å². The van der Waals surface area contributed by atoms with E-state index in [-0.39, 0.29) is 5.56 Å². The maximum atomic E-state index is 12.0. The third-order valence-corrected chi connectivity index (χ3v) is 5.12. The summed E-state index contributed by atoms with van der Waals surface area (Å²) in [4.78, 5) is 28.2. The summed E-state index contributed by atoms with van der Waals surface area (Å²) in [5.74, 6) is 0.256. The van der Waals surface area contributed by atoms with Crippen LogP contribution < -0.4 is 10.9 Å². The average molecular weight is 396 g/mol. The molecule has 0 aliphatic rings. The molecule has 0 amide bonds. The number of carboxylic acids is 1. The summed E-state index contributed by atoms with van der Waals surface area (Å²) >= 11 is 0. The molecular formula is C22H28N4O3. The van der Waals surface area contributed by atoms with Gasteiger partial charge in [0.2, 0.25) is 0 Å². The van der Waals surface area contributed by atoms with E-state index in [0.29, 0.717) is 24.4 Å².